The van der Waals surface area contributed by atoms with Crippen molar-refractivity contribution >= 4 is 29.2 Å². The van der Waals surface area contributed by atoms with Gasteiger partial charge in [0.05, 0.1) is 5.75 Å². The van der Waals surface area contributed by atoms with Crippen LogP contribution in [0.4, 0.5) is 0 Å². The van der Waals surface area contributed by atoms with Crippen LogP contribution in [0.3, 0.4) is 0 Å². The fourth-order valence-electron chi connectivity index (χ4n) is 0.609. The Hall–Kier alpha value is -0.660. The molecule has 0 aromatic carbocycles. The maximum absolute atomic E-state index is 10.8. The van der Waals surface area contributed by atoms with Crippen molar-refractivity contribution in [3.63, 3.8) is 0 Å². The highest BCUT2D eigenvalue weighted by molar-refractivity contribution is 8.01. The Morgan fingerprint density at radius 3 is 3.08 bits per heavy atom. The van der Waals surface area contributed by atoms with Gasteiger partial charge in [0.1, 0.15) is 5.82 Å². The lowest BCUT2D eigenvalue weighted by Gasteiger charge is -1.94. The van der Waals surface area contributed by atoms with E-state index in [1.165, 1.54) is 23.3 Å². The summed E-state index contributed by atoms with van der Waals surface area (Å²) >= 11 is 2.65. The summed E-state index contributed by atoms with van der Waals surface area (Å²) in [5.74, 6) is 5.82. The quantitative estimate of drug-likeness (QED) is 0.326. The molecule has 1 aromatic heterocycles. The predicted octanol–water partition coefficient (Wildman–Crippen LogP) is 0.183. The smallest absolute Gasteiger partial charge is 0.244 e. The minimum Gasteiger partial charge on any atom is -0.294 e. The lowest BCUT2D eigenvalue weighted by molar-refractivity contribution is -0.118. The van der Waals surface area contributed by atoms with E-state index in [9.17, 15) is 4.79 Å². The first-order valence-electron chi connectivity index (χ1n) is 3.71. The van der Waals surface area contributed by atoms with Gasteiger partial charge in [0.25, 0.3) is 0 Å². The first-order valence-corrected chi connectivity index (χ1v) is 5.47. The van der Waals surface area contributed by atoms with E-state index in [1.54, 1.807) is 0 Å². The maximum atomic E-state index is 10.8. The van der Waals surface area contributed by atoms with Crippen LogP contribution in [0.25, 0.3) is 0 Å². The van der Waals surface area contributed by atoms with Crippen LogP contribution in [0, 0.1) is 0 Å². The molecular formula is C6H10N4OS2. The minimum atomic E-state index is -0.210. The number of nitrogens with zero attached hydrogens (tertiary/aromatic N) is 2. The molecule has 0 aliphatic heterocycles. The van der Waals surface area contributed by atoms with Gasteiger partial charge >= 0.3 is 0 Å². The zero-order valence-electron chi connectivity index (χ0n) is 7.11. The van der Waals surface area contributed by atoms with Crippen LogP contribution in [0.15, 0.2) is 4.34 Å². The average molecular weight is 218 g/mol. The summed E-state index contributed by atoms with van der Waals surface area (Å²) in [5, 5.41) is 0. The molecular weight excluding hydrogens is 208 g/mol. The van der Waals surface area contributed by atoms with Crippen LogP contribution in [0.5, 0.6) is 0 Å². The Bertz CT molecular complexity index is 288. The van der Waals surface area contributed by atoms with Gasteiger partial charge in [-0.25, -0.2) is 10.8 Å². The molecule has 0 aliphatic rings. The number of hydrogen-bond donors (Lipinski definition) is 2. The van der Waals surface area contributed by atoms with Gasteiger partial charge in [-0.05, 0) is 11.5 Å². The number of rotatable bonds is 4. The Balaban J connectivity index is 2.41. The largest absolute Gasteiger partial charge is 0.294 e. The number of aryl methyl sites for hydroxylation is 1. The van der Waals surface area contributed by atoms with E-state index in [4.69, 9.17) is 5.84 Å². The third-order valence-electron chi connectivity index (χ3n) is 1.25. The SMILES string of the molecule is CCc1nsc(SCC(=O)NN)n1. The van der Waals surface area contributed by atoms with Crippen LogP contribution in [0.1, 0.15) is 12.7 Å². The molecule has 0 bridgehead atoms. The molecule has 0 atom stereocenters. The van der Waals surface area contributed by atoms with Crippen LogP contribution >= 0.6 is 23.3 Å². The number of hydrogen-bond acceptors (Lipinski definition) is 6. The number of aromatic nitrogens is 2. The molecule has 1 heterocycles. The molecule has 0 saturated carbocycles. The molecule has 1 rings (SSSR count). The second-order valence-electron chi connectivity index (χ2n) is 2.19. The van der Waals surface area contributed by atoms with Crippen molar-refractivity contribution in [2.45, 2.75) is 17.7 Å². The molecule has 7 heteroatoms. The number of nitrogens with two attached hydrogens (primary N) is 1. The molecule has 0 fully saturated rings. The van der Waals surface area contributed by atoms with Crippen LogP contribution in [-0.2, 0) is 11.2 Å². The molecule has 0 saturated heterocycles. The van der Waals surface area contributed by atoms with Gasteiger partial charge in [-0.3, -0.25) is 10.2 Å². The molecule has 13 heavy (non-hydrogen) atoms. The third kappa shape index (κ3) is 3.29. The Kier molecular flexibility index (Phi) is 4.13. The minimum absolute atomic E-state index is 0.210. The summed E-state index contributed by atoms with van der Waals surface area (Å²) in [5.41, 5.74) is 2.05. The molecule has 0 aliphatic carbocycles. The lowest BCUT2D eigenvalue weighted by Crippen LogP contribution is -2.31. The van der Waals surface area contributed by atoms with E-state index in [-0.39, 0.29) is 11.7 Å². The summed E-state index contributed by atoms with van der Waals surface area (Å²) < 4.78 is 4.89. The van der Waals surface area contributed by atoms with Gasteiger partial charge in [0.2, 0.25) is 5.91 Å². The monoisotopic (exact) mass is 218 g/mol. The standard InChI is InChI=1S/C6H10N4OS2/c1-2-4-8-6(13-10-4)12-3-5(11)9-7/h2-3,7H2,1H3,(H,9,11). The third-order valence-corrected chi connectivity index (χ3v) is 3.12. The van der Waals surface area contributed by atoms with Gasteiger partial charge in [-0.2, -0.15) is 4.37 Å². The number of hydrazine groups is 1. The molecule has 1 aromatic rings. The fourth-order valence-corrected chi connectivity index (χ4v) is 2.12. The second kappa shape index (κ2) is 5.15. The van der Waals surface area contributed by atoms with Crippen molar-refractivity contribution < 1.29 is 4.79 Å². The highest BCUT2D eigenvalue weighted by Crippen LogP contribution is 2.19. The van der Waals surface area contributed by atoms with Crippen LogP contribution in [0.2, 0.25) is 0 Å². The second-order valence-corrected chi connectivity index (χ2v) is 4.16. The molecule has 5 nitrogen and oxygen atoms in total. The Labute approximate surface area is 84.3 Å². The number of carbonyl (C=O) groups is 1. The fraction of sp³-hybridized carbons (Fsp3) is 0.500. The van der Waals surface area contributed by atoms with E-state index in [2.05, 4.69) is 14.8 Å². The van der Waals surface area contributed by atoms with Crippen molar-refractivity contribution in [2.75, 3.05) is 5.75 Å². The van der Waals surface area contributed by atoms with Crippen molar-refractivity contribution in [3.8, 4) is 0 Å². The van der Waals surface area contributed by atoms with Gasteiger partial charge < -0.3 is 0 Å². The van der Waals surface area contributed by atoms with E-state index < -0.39 is 0 Å². The average Bonchev–Trinajstić information content (AvgIpc) is 2.61. The van der Waals surface area contributed by atoms with Crippen LogP contribution < -0.4 is 11.3 Å². The summed E-state index contributed by atoms with van der Waals surface area (Å²) in [6, 6.07) is 0. The summed E-state index contributed by atoms with van der Waals surface area (Å²) in [4.78, 5) is 14.9. The number of nitrogens with one attached hydrogen (secondary N) is 1. The zero-order valence-corrected chi connectivity index (χ0v) is 8.74. The van der Waals surface area contributed by atoms with Gasteiger partial charge in [-0.1, -0.05) is 18.7 Å². The predicted molar refractivity (Wildman–Crippen MR) is 52.3 cm³/mol. The van der Waals surface area contributed by atoms with E-state index in [0.717, 1.165) is 16.6 Å². The highest BCUT2D eigenvalue weighted by atomic mass is 32.2. The summed E-state index contributed by atoms with van der Waals surface area (Å²) in [6.45, 7) is 1.99. The van der Waals surface area contributed by atoms with Crippen LogP contribution in [-0.4, -0.2) is 21.0 Å². The molecule has 0 spiro atoms. The number of carbonyl (C=O) groups excluding carboxylic acids is 1. The van der Waals surface area contributed by atoms with E-state index >= 15 is 0 Å². The number of amides is 1. The molecule has 0 unspecified atom stereocenters. The van der Waals surface area contributed by atoms with Gasteiger partial charge in [-0.15, -0.1) is 0 Å². The zero-order chi connectivity index (χ0) is 9.68. The van der Waals surface area contributed by atoms with E-state index in [1.807, 2.05) is 6.92 Å². The Morgan fingerprint density at radius 1 is 1.77 bits per heavy atom. The highest BCUT2D eigenvalue weighted by Gasteiger charge is 2.05. The van der Waals surface area contributed by atoms with Gasteiger partial charge in [0, 0.05) is 6.42 Å². The molecule has 3 N–H and O–H groups in total. The first-order chi connectivity index (χ1) is 6.26. The van der Waals surface area contributed by atoms with Crippen molar-refractivity contribution in [3.05, 3.63) is 5.82 Å². The normalized spacial score (nSPS) is 10.0. The van der Waals surface area contributed by atoms with Crippen molar-refractivity contribution in [1.29, 1.82) is 0 Å². The molecule has 1 amide bonds. The van der Waals surface area contributed by atoms with Gasteiger partial charge in [0.15, 0.2) is 4.34 Å². The van der Waals surface area contributed by atoms with E-state index in [0.29, 0.717) is 0 Å². The van der Waals surface area contributed by atoms with Crippen molar-refractivity contribution in [1.82, 2.24) is 14.8 Å². The molecule has 72 valence electrons. The summed E-state index contributed by atoms with van der Waals surface area (Å²) in [6.07, 6.45) is 0.820. The topological polar surface area (TPSA) is 80.9 Å². The molecule has 0 radical (unpaired) electrons. The first kappa shape index (κ1) is 10.4. The Morgan fingerprint density at radius 2 is 2.54 bits per heavy atom. The lowest BCUT2D eigenvalue weighted by atomic mass is 10.5. The summed E-state index contributed by atoms with van der Waals surface area (Å²) in [7, 11) is 0. The van der Waals surface area contributed by atoms with Crippen molar-refractivity contribution in [2.24, 2.45) is 5.84 Å². The maximum Gasteiger partial charge on any atom is 0.244 e. The number of thioether (sulfide) groups is 1.